The lowest BCUT2D eigenvalue weighted by Gasteiger charge is -2.08. The van der Waals surface area contributed by atoms with Gasteiger partial charge in [-0.3, -0.25) is 4.79 Å². The lowest BCUT2D eigenvalue weighted by Crippen LogP contribution is -2.13. The van der Waals surface area contributed by atoms with E-state index in [-0.39, 0.29) is 12.7 Å². The van der Waals surface area contributed by atoms with Crippen molar-refractivity contribution < 1.29 is 14.3 Å². The van der Waals surface area contributed by atoms with Crippen molar-refractivity contribution in [2.75, 3.05) is 17.8 Å². The molecule has 0 spiro atoms. The quantitative estimate of drug-likeness (QED) is 0.834. The van der Waals surface area contributed by atoms with Gasteiger partial charge in [-0.25, -0.2) is 0 Å². The molecule has 0 atom stereocenters. The van der Waals surface area contributed by atoms with Crippen LogP contribution in [0.2, 0.25) is 5.02 Å². The first-order valence-electron chi connectivity index (χ1n) is 5.89. The van der Waals surface area contributed by atoms with Crippen LogP contribution in [0.25, 0.3) is 0 Å². The Kier molecular flexibility index (Phi) is 3.12. The Bertz CT molecular complexity index is 688. The number of ether oxygens (including phenoxy) is 2. The smallest absolute Gasteiger partial charge is 0.255 e. The first-order valence-corrected chi connectivity index (χ1v) is 6.27. The predicted molar refractivity (Wildman–Crippen MR) is 76.4 cm³/mol. The summed E-state index contributed by atoms with van der Waals surface area (Å²) in [5.41, 5.74) is 7.18. The van der Waals surface area contributed by atoms with Crippen molar-refractivity contribution in [3.05, 3.63) is 47.0 Å². The first-order chi connectivity index (χ1) is 9.63. The molecule has 2 aromatic rings. The Balaban J connectivity index is 1.82. The zero-order chi connectivity index (χ0) is 14.1. The Morgan fingerprint density at radius 1 is 1.15 bits per heavy atom. The number of carbonyl (C=O) groups is 1. The number of fused-ring (bicyclic) bond motifs is 1. The van der Waals surface area contributed by atoms with Crippen molar-refractivity contribution in [1.29, 1.82) is 0 Å². The van der Waals surface area contributed by atoms with Crippen molar-refractivity contribution in [1.82, 2.24) is 0 Å². The summed E-state index contributed by atoms with van der Waals surface area (Å²) in [6.45, 7) is 0.171. The maximum atomic E-state index is 12.2. The summed E-state index contributed by atoms with van der Waals surface area (Å²) in [5.74, 6) is 0.909. The minimum Gasteiger partial charge on any atom is -0.454 e. The average Bonchev–Trinajstić information content (AvgIpc) is 2.89. The highest BCUT2D eigenvalue weighted by molar-refractivity contribution is 6.31. The molecule has 102 valence electrons. The van der Waals surface area contributed by atoms with Crippen LogP contribution in [0.1, 0.15) is 10.4 Å². The largest absolute Gasteiger partial charge is 0.454 e. The first kappa shape index (κ1) is 12.6. The molecule has 2 aromatic carbocycles. The monoisotopic (exact) mass is 290 g/mol. The van der Waals surface area contributed by atoms with E-state index in [9.17, 15) is 4.79 Å². The van der Waals surface area contributed by atoms with Gasteiger partial charge in [0.05, 0.1) is 11.4 Å². The zero-order valence-corrected chi connectivity index (χ0v) is 11.1. The highest BCUT2D eigenvalue weighted by Gasteiger charge is 2.16. The molecule has 3 rings (SSSR count). The van der Waals surface area contributed by atoms with Gasteiger partial charge in [-0.15, -0.1) is 0 Å². The number of carbonyl (C=O) groups excluding carboxylic acids is 1. The van der Waals surface area contributed by atoms with E-state index in [1.807, 2.05) is 0 Å². The van der Waals surface area contributed by atoms with E-state index in [0.717, 1.165) is 0 Å². The maximum absolute atomic E-state index is 12.2. The normalized spacial score (nSPS) is 12.2. The molecule has 1 aliphatic heterocycles. The van der Waals surface area contributed by atoms with Gasteiger partial charge in [-0.05, 0) is 36.4 Å². The van der Waals surface area contributed by atoms with Gasteiger partial charge in [0, 0.05) is 10.6 Å². The minimum atomic E-state index is -0.280. The number of amides is 1. The summed E-state index contributed by atoms with van der Waals surface area (Å²) in [4.78, 5) is 12.2. The second-order valence-corrected chi connectivity index (χ2v) is 4.69. The number of hydrogen-bond acceptors (Lipinski definition) is 4. The lowest BCUT2D eigenvalue weighted by atomic mass is 10.2. The lowest BCUT2D eigenvalue weighted by molar-refractivity contribution is 0.102. The molecule has 1 aliphatic rings. The molecule has 3 N–H and O–H groups in total. The molecule has 20 heavy (non-hydrogen) atoms. The molecule has 0 bridgehead atoms. The van der Waals surface area contributed by atoms with E-state index in [1.54, 1.807) is 36.4 Å². The number of benzene rings is 2. The van der Waals surface area contributed by atoms with Crippen LogP contribution in [0.5, 0.6) is 11.5 Å². The second kappa shape index (κ2) is 4.94. The summed E-state index contributed by atoms with van der Waals surface area (Å²) in [6, 6.07) is 9.88. The van der Waals surface area contributed by atoms with E-state index in [0.29, 0.717) is 33.5 Å². The van der Waals surface area contributed by atoms with Crippen molar-refractivity contribution in [2.24, 2.45) is 0 Å². The molecule has 0 fully saturated rings. The van der Waals surface area contributed by atoms with Crippen LogP contribution in [0.15, 0.2) is 36.4 Å². The van der Waals surface area contributed by atoms with Gasteiger partial charge in [0.25, 0.3) is 5.91 Å². The highest BCUT2D eigenvalue weighted by Crippen LogP contribution is 2.33. The van der Waals surface area contributed by atoms with E-state index in [4.69, 9.17) is 26.8 Å². The maximum Gasteiger partial charge on any atom is 0.255 e. The zero-order valence-electron chi connectivity index (χ0n) is 10.4. The summed E-state index contributed by atoms with van der Waals surface area (Å²) >= 11 is 5.81. The standard InChI is InChI=1S/C14H11ClN2O3/c15-9-2-3-11(10(16)6-9)17-14(18)8-1-4-12-13(5-8)20-7-19-12/h1-6H,7,16H2,(H,17,18). The third-order valence-electron chi connectivity index (χ3n) is 2.90. The Hall–Kier alpha value is -2.40. The SMILES string of the molecule is Nc1cc(Cl)ccc1NC(=O)c1ccc2c(c1)OCO2. The van der Waals surface area contributed by atoms with Gasteiger partial charge in [-0.1, -0.05) is 11.6 Å². The van der Waals surface area contributed by atoms with Gasteiger partial charge in [0.15, 0.2) is 11.5 Å². The number of nitrogens with one attached hydrogen (secondary N) is 1. The van der Waals surface area contributed by atoms with Crippen LogP contribution >= 0.6 is 11.6 Å². The Morgan fingerprint density at radius 3 is 2.75 bits per heavy atom. The second-order valence-electron chi connectivity index (χ2n) is 4.25. The molecule has 1 amide bonds. The van der Waals surface area contributed by atoms with Crippen LogP contribution in [-0.4, -0.2) is 12.7 Å². The predicted octanol–water partition coefficient (Wildman–Crippen LogP) is 2.90. The fraction of sp³-hybridized carbons (Fsp3) is 0.0714. The molecular weight excluding hydrogens is 280 g/mol. The fourth-order valence-electron chi connectivity index (χ4n) is 1.88. The third kappa shape index (κ3) is 2.35. The number of nitrogen functional groups attached to an aromatic ring is 1. The number of nitrogens with two attached hydrogens (primary N) is 1. The highest BCUT2D eigenvalue weighted by atomic mass is 35.5. The fourth-order valence-corrected chi connectivity index (χ4v) is 2.06. The van der Waals surface area contributed by atoms with Gasteiger partial charge < -0.3 is 20.5 Å². The molecule has 0 unspecified atom stereocenters. The average molecular weight is 291 g/mol. The van der Waals surface area contributed by atoms with Crippen molar-refractivity contribution in [2.45, 2.75) is 0 Å². The van der Waals surface area contributed by atoms with E-state index >= 15 is 0 Å². The molecule has 0 aliphatic carbocycles. The summed E-state index contributed by atoms with van der Waals surface area (Å²) < 4.78 is 10.4. The summed E-state index contributed by atoms with van der Waals surface area (Å²) in [5, 5.41) is 3.24. The molecule has 0 aromatic heterocycles. The van der Waals surface area contributed by atoms with Crippen LogP contribution in [0, 0.1) is 0 Å². The summed E-state index contributed by atoms with van der Waals surface area (Å²) in [7, 11) is 0. The van der Waals surface area contributed by atoms with Gasteiger partial charge >= 0.3 is 0 Å². The van der Waals surface area contributed by atoms with Crippen molar-refractivity contribution >= 4 is 28.9 Å². The molecule has 6 heteroatoms. The molecular formula is C14H11ClN2O3. The Labute approximate surface area is 120 Å². The van der Waals surface area contributed by atoms with E-state index < -0.39 is 0 Å². The molecule has 5 nitrogen and oxygen atoms in total. The number of hydrogen-bond donors (Lipinski definition) is 2. The van der Waals surface area contributed by atoms with Crippen LogP contribution in [-0.2, 0) is 0 Å². The molecule has 1 heterocycles. The van der Waals surface area contributed by atoms with Crippen LogP contribution in [0.3, 0.4) is 0 Å². The Morgan fingerprint density at radius 2 is 1.95 bits per heavy atom. The van der Waals surface area contributed by atoms with E-state index in [2.05, 4.69) is 5.32 Å². The van der Waals surface area contributed by atoms with Gasteiger partial charge in [0.2, 0.25) is 6.79 Å². The number of halogens is 1. The minimum absolute atomic E-state index is 0.171. The molecule has 0 radical (unpaired) electrons. The van der Waals surface area contributed by atoms with Crippen LogP contribution in [0.4, 0.5) is 11.4 Å². The molecule has 0 saturated carbocycles. The summed E-state index contributed by atoms with van der Waals surface area (Å²) in [6.07, 6.45) is 0. The topological polar surface area (TPSA) is 73.6 Å². The molecule has 0 saturated heterocycles. The number of rotatable bonds is 2. The third-order valence-corrected chi connectivity index (χ3v) is 3.13. The van der Waals surface area contributed by atoms with Crippen LogP contribution < -0.4 is 20.5 Å². The van der Waals surface area contributed by atoms with Crippen molar-refractivity contribution in [3.63, 3.8) is 0 Å². The van der Waals surface area contributed by atoms with E-state index in [1.165, 1.54) is 0 Å². The van der Waals surface area contributed by atoms with Gasteiger partial charge in [0.1, 0.15) is 0 Å². The van der Waals surface area contributed by atoms with Crippen molar-refractivity contribution in [3.8, 4) is 11.5 Å². The number of anilines is 2. The van der Waals surface area contributed by atoms with Gasteiger partial charge in [-0.2, -0.15) is 0 Å².